The first-order valence-electron chi connectivity index (χ1n) is 8.79. The topological polar surface area (TPSA) is 101 Å². The van der Waals surface area contributed by atoms with Crippen molar-refractivity contribution in [3.63, 3.8) is 0 Å². The highest BCUT2D eigenvalue weighted by atomic mass is 32.2. The van der Waals surface area contributed by atoms with Crippen LogP contribution in [0.1, 0.15) is 32.4 Å². The van der Waals surface area contributed by atoms with Crippen molar-refractivity contribution in [2.45, 2.75) is 38.4 Å². The third-order valence-corrected chi connectivity index (χ3v) is 6.83. The average Bonchev–Trinajstić information content (AvgIpc) is 2.63. The number of anilines is 2. The van der Waals surface area contributed by atoms with E-state index >= 15 is 0 Å². The van der Waals surface area contributed by atoms with E-state index in [4.69, 9.17) is 0 Å². The van der Waals surface area contributed by atoms with E-state index in [1.54, 1.807) is 36.6 Å². The first-order valence-corrected chi connectivity index (χ1v) is 10.3. The lowest BCUT2D eigenvalue weighted by Crippen LogP contribution is -2.42. The predicted molar refractivity (Wildman–Crippen MR) is 99.4 cm³/mol. The Morgan fingerprint density at radius 3 is 2.50 bits per heavy atom. The van der Waals surface area contributed by atoms with Crippen LogP contribution in [0.3, 0.4) is 0 Å². The Hall–Kier alpha value is -2.13. The van der Waals surface area contributed by atoms with Gasteiger partial charge in [-0.2, -0.15) is 0 Å². The van der Waals surface area contributed by atoms with Gasteiger partial charge in [0.2, 0.25) is 16.0 Å². The summed E-state index contributed by atoms with van der Waals surface area (Å²) in [4.78, 5) is 16.8. The highest BCUT2D eigenvalue weighted by molar-refractivity contribution is 7.89. The van der Waals surface area contributed by atoms with Crippen LogP contribution in [0.2, 0.25) is 0 Å². The van der Waals surface area contributed by atoms with Crippen molar-refractivity contribution in [1.82, 2.24) is 24.2 Å². The summed E-state index contributed by atoms with van der Waals surface area (Å²) < 4.78 is 26.1. The second-order valence-electron chi connectivity index (χ2n) is 6.73. The Labute approximate surface area is 154 Å². The molecule has 0 aromatic carbocycles. The van der Waals surface area contributed by atoms with Gasteiger partial charge in [-0.25, -0.2) is 32.7 Å². The van der Waals surface area contributed by atoms with Crippen molar-refractivity contribution in [3.8, 4) is 0 Å². The first kappa shape index (κ1) is 18.7. The number of hydrogen-bond acceptors (Lipinski definition) is 7. The van der Waals surface area contributed by atoms with Gasteiger partial charge in [0, 0.05) is 37.2 Å². The normalized spacial score (nSPS) is 16.7. The number of aromatic nitrogens is 4. The first-order chi connectivity index (χ1) is 12.4. The van der Waals surface area contributed by atoms with Crippen LogP contribution in [0, 0.1) is 5.92 Å². The van der Waals surface area contributed by atoms with Gasteiger partial charge in [0.05, 0.1) is 5.25 Å². The summed E-state index contributed by atoms with van der Waals surface area (Å²) in [6.45, 7) is 4.62. The molecule has 0 spiro atoms. The second-order valence-corrected chi connectivity index (χ2v) is 9.22. The molecule has 9 heteroatoms. The number of nitrogens with zero attached hydrogens (tertiary/aromatic N) is 5. The number of sulfonamides is 1. The summed E-state index contributed by atoms with van der Waals surface area (Å²) in [5.74, 6) is 1.56. The number of rotatable bonds is 6. The fourth-order valence-electron chi connectivity index (χ4n) is 3.02. The van der Waals surface area contributed by atoms with Gasteiger partial charge in [0.15, 0.2) is 0 Å². The Kier molecular flexibility index (Phi) is 5.77. The summed E-state index contributed by atoms with van der Waals surface area (Å²) in [6, 6.07) is 3.65. The van der Waals surface area contributed by atoms with E-state index < -0.39 is 10.0 Å². The van der Waals surface area contributed by atoms with Gasteiger partial charge in [-0.05, 0) is 45.1 Å². The van der Waals surface area contributed by atoms with Crippen molar-refractivity contribution >= 4 is 21.8 Å². The average molecular weight is 376 g/mol. The van der Waals surface area contributed by atoms with Crippen molar-refractivity contribution < 1.29 is 8.42 Å². The van der Waals surface area contributed by atoms with Gasteiger partial charge in [0.1, 0.15) is 12.1 Å². The van der Waals surface area contributed by atoms with E-state index in [0.717, 1.165) is 25.0 Å². The molecule has 1 saturated heterocycles. The van der Waals surface area contributed by atoms with Crippen LogP contribution in [0.4, 0.5) is 11.8 Å². The van der Waals surface area contributed by atoms with Crippen molar-refractivity contribution in [2.75, 3.05) is 18.4 Å². The van der Waals surface area contributed by atoms with Crippen LogP contribution in [0.5, 0.6) is 0 Å². The van der Waals surface area contributed by atoms with E-state index in [0.29, 0.717) is 30.8 Å². The molecule has 3 heterocycles. The molecular weight excluding hydrogens is 352 g/mol. The zero-order valence-corrected chi connectivity index (χ0v) is 15.9. The Bertz CT molecular complexity index is 820. The van der Waals surface area contributed by atoms with Crippen LogP contribution in [0.25, 0.3) is 0 Å². The molecule has 2 aromatic heterocycles. The lowest BCUT2D eigenvalue weighted by molar-refractivity contribution is 0.270. The molecule has 140 valence electrons. The summed E-state index contributed by atoms with van der Waals surface area (Å²) in [6.07, 6.45) is 7.36. The minimum Gasteiger partial charge on any atom is -0.309 e. The van der Waals surface area contributed by atoms with E-state index in [1.165, 1.54) is 6.33 Å². The standard InChI is InChI=1S/C17H24N6O2S/c1-13(2)26(24,25)23-8-4-14(5-9-23)10-15-11-16(21-12-20-15)22-17-18-6-3-7-19-17/h3,6-7,11-14H,4-5,8-10H2,1-2H3,(H,18,19,20,21,22). The molecule has 0 aliphatic carbocycles. The molecule has 26 heavy (non-hydrogen) atoms. The van der Waals surface area contributed by atoms with E-state index in [2.05, 4.69) is 25.3 Å². The van der Waals surface area contributed by atoms with Gasteiger partial charge in [-0.1, -0.05) is 0 Å². The van der Waals surface area contributed by atoms with Crippen LogP contribution >= 0.6 is 0 Å². The van der Waals surface area contributed by atoms with Crippen LogP contribution in [-0.2, 0) is 16.4 Å². The fraction of sp³-hybridized carbons (Fsp3) is 0.529. The molecule has 8 nitrogen and oxygen atoms in total. The highest BCUT2D eigenvalue weighted by Crippen LogP contribution is 2.24. The quantitative estimate of drug-likeness (QED) is 0.823. The smallest absolute Gasteiger partial charge is 0.228 e. The number of piperidine rings is 1. The molecule has 3 rings (SSSR count). The molecule has 0 bridgehead atoms. The van der Waals surface area contributed by atoms with E-state index in [-0.39, 0.29) is 5.25 Å². The SMILES string of the molecule is CC(C)S(=O)(=O)N1CCC(Cc2cc(Nc3ncccn3)ncn2)CC1. The monoisotopic (exact) mass is 376 g/mol. The largest absolute Gasteiger partial charge is 0.309 e. The molecule has 0 atom stereocenters. The maximum atomic E-state index is 12.3. The zero-order chi connectivity index (χ0) is 18.6. The maximum absolute atomic E-state index is 12.3. The van der Waals surface area contributed by atoms with Gasteiger partial charge >= 0.3 is 0 Å². The second kappa shape index (κ2) is 8.05. The third-order valence-electron chi connectivity index (χ3n) is 4.56. The molecule has 1 aliphatic rings. The van der Waals surface area contributed by atoms with Gasteiger partial charge in [-0.15, -0.1) is 0 Å². The fourth-order valence-corrected chi connectivity index (χ4v) is 4.33. The maximum Gasteiger partial charge on any atom is 0.228 e. The lowest BCUT2D eigenvalue weighted by atomic mass is 9.93. The minimum atomic E-state index is -3.15. The summed E-state index contributed by atoms with van der Waals surface area (Å²) >= 11 is 0. The zero-order valence-electron chi connectivity index (χ0n) is 15.0. The van der Waals surface area contributed by atoms with Crippen molar-refractivity contribution in [1.29, 1.82) is 0 Å². The molecule has 1 aliphatic heterocycles. The highest BCUT2D eigenvalue weighted by Gasteiger charge is 2.30. The molecule has 1 fully saturated rings. The molecular formula is C17H24N6O2S. The Morgan fingerprint density at radius 1 is 1.15 bits per heavy atom. The third kappa shape index (κ3) is 4.53. The van der Waals surface area contributed by atoms with Gasteiger partial charge in [-0.3, -0.25) is 0 Å². The lowest BCUT2D eigenvalue weighted by Gasteiger charge is -2.32. The van der Waals surface area contributed by atoms with Crippen LogP contribution < -0.4 is 5.32 Å². The van der Waals surface area contributed by atoms with Crippen molar-refractivity contribution in [3.05, 3.63) is 36.5 Å². The Balaban J connectivity index is 1.58. The molecule has 0 radical (unpaired) electrons. The molecule has 0 unspecified atom stereocenters. The summed E-state index contributed by atoms with van der Waals surface area (Å²) in [5, 5.41) is 2.69. The van der Waals surface area contributed by atoms with Gasteiger partial charge in [0.25, 0.3) is 0 Å². The molecule has 0 amide bonds. The number of nitrogens with one attached hydrogen (secondary N) is 1. The molecule has 1 N–H and O–H groups in total. The van der Waals surface area contributed by atoms with Crippen molar-refractivity contribution in [2.24, 2.45) is 5.92 Å². The summed E-state index contributed by atoms with van der Waals surface area (Å²) in [5.41, 5.74) is 0.934. The van der Waals surface area contributed by atoms with Gasteiger partial charge < -0.3 is 5.32 Å². The van der Waals surface area contributed by atoms with E-state index in [9.17, 15) is 8.42 Å². The van der Waals surface area contributed by atoms with Crippen LogP contribution in [-0.4, -0.2) is 51.0 Å². The van der Waals surface area contributed by atoms with Crippen LogP contribution in [0.15, 0.2) is 30.9 Å². The van der Waals surface area contributed by atoms with E-state index in [1.807, 2.05) is 6.07 Å². The summed E-state index contributed by atoms with van der Waals surface area (Å²) in [7, 11) is -3.15. The molecule has 0 saturated carbocycles. The minimum absolute atomic E-state index is 0.366. The Morgan fingerprint density at radius 2 is 1.85 bits per heavy atom. The number of hydrogen-bond donors (Lipinski definition) is 1. The predicted octanol–water partition coefficient (Wildman–Crippen LogP) is 2.00. The molecule has 2 aromatic rings.